The SMILES string of the molecule is C=CC=C.CC.c1ccc(-c2ccc(-c3cccc(-c4ccc5oc6c(-c7ccc(-n8c9ccccc9c9ccccc98)cc7)cccc6c5c4)c3)cc2)cc1. The number of rotatable bonds is 6. The monoisotopic (exact) mass is 721 g/mol. The maximum atomic E-state index is 6.58. The minimum Gasteiger partial charge on any atom is -0.455 e. The summed E-state index contributed by atoms with van der Waals surface area (Å²) in [6.07, 6.45) is 3.28. The zero-order valence-corrected chi connectivity index (χ0v) is 31.8. The van der Waals surface area contributed by atoms with Crippen LogP contribution < -0.4 is 0 Å². The number of benzene rings is 8. The van der Waals surface area contributed by atoms with Crippen LogP contribution in [0.1, 0.15) is 13.8 Å². The molecule has 0 aliphatic carbocycles. The van der Waals surface area contributed by atoms with Gasteiger partial charge in [0, 0.05) is 32.8 Å². The Morgan fingerprint density at radius 2 is 0.857 bits per heavy atom. The molecular weight excluding hydrogens is 679 g/mol. The van der Waals surface area contributed by atoms with Crippen molar-refractivity contribution in [2.75, 3.05) is 0 Å². The summed E-state index contributed by atoms with van der Waals surface area (Å²) in [5.74, 6) is 0. The highest BCUT2D eigenvalue weighted by Gasteiger charge is 2.15. The van der Waals surface area contributed by atoms with E-state index in [9.17, 15) is 0 Å². The molecule has 0 N–H and O–H groups in total. The summed E-state index contributed by atoms with van der Waals surface area (Å²) in [6, 6.07) is 67.3. The van der Waals surface area contributed by atoms with E-state index < -0.39 is 0 Å². The van der Waals surface area contributed by atoms with Crippen molar-refractivity contribution in [1.82, 2.24) is 4.57 Å². The summed E-state index contributed by atoms with van der Waals surface area (Å²) in [5.41, 5.74) is 14.8. The van der Waals surface area contributed by atoms with Crippen LogP contribution in [-0.4, -0.2) is 4.57 Å². The molecule has 10 aromatic rings. The van der Waals surface area contributed by atoms with E-state index in [1.54, 1.807) is 12.2 Å². The zero-order chi connectivity index (χ0) is 38.4. The van der Waals surface area contributed by atoms with Crippen LogP contribution in [-0.2, 0) is 0 Å². The van der Waals surface area contributed by atoms with Gasteiger partial charge >= 0.3 is 0 Å². The molecule has 0 unspecified atom stereocenters. The number of hydrogen-bond donors (Lipinski definition) is 0. The van der Waals surface area contributed by atoms with E-state index in [-0.39, 0.29) is 0 Å². The highest BCUT2D eigenvalue weighted by molar-refractivity contribution is 6.11. The highest BCUT2D eigenvalue weighted by atomic mass is 16.3. The Bertz CT molecular complexity index is 2880. The Labute approximate surface area is 328 Å². The van der Waals surface area contributed by atoms with Crippen LogP contribution in [0.3, 0.4) is 0 Å². The molecule has 2 heteroatoms. The second kappa shape index (κ2) is 16.1. The summed E-state index contributed by atoms with van der Waals surface area (Å²) < 4.78 is 8.94. The minimum atomic E-state index is 0.894. The molecule has 56 heavy (non-hydrogen) atoms. The van der Waals surface area contributed by atoms with Crippen molar-refractivity contribution >= 4 is 43.7 Å². The van der Waals surface area contributed by atoms with Gasteiger partial charge in [0.1, 0.15) is 11.2 Å². The fourth-order valence-corrected chi connectivity index (χ4v) is 7.56. The second-order valence-corrected chi connectivity index (χ2v) is 13.4. The predicted molar refractivity (Wildman–Crippen MR) is 242 cm³/mol. The van der Waals surface area contributed by atoms with Crippen LogP contribution >= 0.6 is 0 Å². The lowest BCUT2D eigenvalue weighted by atomic mass is 9.96. The number of allylic oxidation sites excluding steroid dienone is 2. The van der Waals surface area contributed by atoms with Crippen LogP contribution in [0.25, 0.3) is 93.9 Å². The van der Waals surface area contributed by atoms with Gasteiger partial charge in [-0.2, -0.15) is 0 Å². The van der Waals surface area contributed by atoms with Gasteiger partial charge in [0.15, 0.2) is 0 Å². The minimum absolute atomic E-state index is 0.894. The predicted octanol–water partition coefficient (Wildman–Crippen LogP) is 15.7. The Balaban J connectivity index is 0.000000694. The van der Waals surface area contributed by atoms with Gasteiger partial charge < -0.3 is 8.98 Å². The topological polar surface area (TPSA) is 18.1 Å². The van der Waals surface area contributed by atoms with Gasteiger partial charge in [-0.15, -0.1) is 0 Å². The smallest absolute Gasteiger partial charge is 0.143 e. The molecule has 0 atom stereocenters. The Kier molecular flexibility index (Phi) is 10.3. The average Bonchev–Trinajstić information content (AvgIpc) is 3.83. The number of para-hydroxylation sites is 3. The summed E-state index contributed by atoms with van der Waals surface area (Å²) in [4.78, 5) is 0. The Morgan fingerprint density at radius 1 is 0.393 bits per heavy atom. The van der Waals surface area contributed by atoms with Crippen molar-refractivity contribution in [3.05, 3.63) is 213 Å². The van der Waals surface area contributed by atoms with Crippen molar-refractivity contribution in [2.24, 2.45) is 0 Å². The third kappa shape index (κ3) is 6.74. The van der Waals surface area contributed by atoms with Crippen LogP contribution in [0, 0.1) is 0 Å². The number of nitrogens with zero attached hydrogens (tertiary/aromatic N) is 1. The first-order chi connectivity index (χ1) is 27.7. The molecule has 0 radical (unpaired) electrons. The maximum Gasteiger partial charge on any atom is 0.143 e. The molecule has 2 nitrogen and oxygen atoms in total. The lowest BCUT2D eigenvalue weighted by molar-refractivity contribution is 0.670. The van der Waals surface area contributed by atoms with Crippen LogP contribution in [0.5, 0.6) is 0 Å². The molecule has 0 aliphatic rings. The van der Waals surface area contributed by atoms with Gasteiger partial charge in [-0.25, -0.2) is 0 Å². The van der Waals surface area contributed by atoms with Gasteiger partial charge in [0.25, 0.3) is 0 Å². The Hall–Kier alpha value is -7.16. The van der Waals surface area contributed by atoms with Crippen molar-refractivity contribution in [1.29, 1.82) is 0 Å². The number of hydrogen-bond acceptors (Lipinski definition) is 1. The molecule has 10 rings (SSSR count). The first-order valence-corrected chi connectivity index (χ1v) is 19.2. The van der Waals surface area contributed by atoms with E-state index in [1.807, 2.05) is 13.8 Å². The molecule has 0 fully saturated rings. The van der Waals surface area contributed by atoms with Crippen LogP contribution in [0.4, 0.5) is 0 Å². The van der Waals surface area contributed by atoms with Gasteiger partial charge in [0.2, 0.25) is 0 Å². The summed E-state index contributed by atoms with van der Waals surface area (Å²) >= 11 is 0. The van der Waals surface area contributed by atoms with Crippen molar-refractivity contribution < 1.29 is 4.42 Å². The van der Waals surface area contributed by atoms with Crippen LogP contribution in [0.2, 0.25) is 0 Å². The molecule has 2 heterocycles. The first-order valence-electron chi connectivity index (χ1n) is 19.2. The molecule has 0 spiro atoms. The van der Waals surface area contributed by atoms with Gasteiger partial charge in [-0.05, 0) is 81.4 Å². The summed E-state index contributed by atoms with van der Waals surface area (Å²) in [5, 5.41) is 4.78. The van der Waals surface area contributed by atoms with Crippen molar-refractivity contribution in [3.63, 3.8) is 0 Å². The summed E-state index contributed by atoms with van der Waals surface area (Å²) in [7, 11) is 0. The fourth-order valence-electron chi connectivity index (χ4n) is 7.56. The maximum absolute atomic E-state index is 6.58. The third-order valence-corrected chi connectivity index (χ3v) is 10.2. The van der Waals surface area contributed by atoms with E-state index >= 15 is 0 Å². The molecule has 0 aliphatic heterocycles. The second-order valence-electron chi connectivity index (χ2n) is 13.4. The molecule has 0 saturated heterocycles. The molecule has 0 saturated carbocycles. The molecule has 8 aromatic carbocycles. The largest absolute Gasteiger partial charge is 0.455 e. The third-order valence-electron chi connectivity index (χ3n) is 10.2. The van der Waals surface area contributed by atoms with E-state index in [4.69, 9.17) is 4.42 Å². The van der Waals surface area contributed by atoms with E-state index in [0.29, 0.717) is 0 Å². The average molecular weight is 722 g/mol. The van der Waals surface area contributed by atoms with Gasteiger partial charge in [-0.3, -0.25) is 0 Å². The lowest BCUT2D eigenvalue weighted by Crippen LogP contribution is -1.93. The normalized spacial score (nSPS) is 10.8. The first kappa shape index (κ1) is 35.8. The van der Waals surface area contributed by atoms with Gasteiger partial charge in [0.05, 0.1) is 11.0 Å². The standard InChI is InChI=1S/C48H31NO.C4H6.C2H6/c1-2-10-32(11-3-1)33-20-22-34(23-21-33)36-12-8-13-37(30-36)38-26-29-47-44(31-38)43-17-9-16-40(48(43)50-47)35-24-27-39(28-25-35)49-45-18-6-4-14-41(45)42-15-5-7-19-46(42)49;1-3-4-2;1-2/h1-31H;3-4H,1-2H2;1-2H3. The molecule has 270 valence electrons. The molecule has 0 amide bonds. The zero-order valence-electron chi connectivity index (χ0n) is 31.8. The highest BCUT2D eigenvalue weighted by Crippen LogP contribution is 2.39. The number of fused-ring (bicyclic) bond motifs is 6. The van der Waals surface area contributed by atoms with Crippen LogP contribution in [0.15, 0.2) is 218 Å². The van der Waals surface area contributed by atoms with E-state index in [1.165, 1.54) is 55.2 Å². The Morgan fingerprint density at radius 3 is 1.50 bits per heavy atom. The molecule has 2 aromatic heterocycles. The van der Waals surface area contributed by atoms with Crippen molar-refractivity contribution in [2.45, 2.75) is 13.8 Å². The number of aromatic nitrogens is 1. The fraction of sp³-hybridized carbons (Fsp3) is 0.0370. The molecule has 0 bridgehead atoms. The van der Waals surface area contributed by atoms with Gasteiger partial charge in [-0.1, -0.05) is 185 Å². The number of furan rings is 1. The molecular formula is C54H43NO. The van der Waals surface area contributed by atoms with Crippen molar-refractivity contribution in [3.8, 4) is 50.2 Å². The van der Waals surface area contributed by atoms with E-state index in [2.05, 4.69) is 206 Å². The lowest BCUT2D eigenvalue weighted by Gasteiger charge is -2.09. The quantitative estimate of drug-likeness (QED) is 0.156. The summed E-state index contributed by atoms with van der Waals surface area (Å²) in [6.45, 7) is 10.7. The van der Waals surface area contributed by atoms with E-state index in [0.717, 1.165) is 38.8 Å².